The lowest BCUT2D eigenvalue weighted by Gasteiger charge is -2.41. The first kappa shape index (κ1) is 39.3. The molecule has 0 saturated heterocycles. The summed E-state index contributed by atoms with van der Waals surface area (Å²) >= 11 is 0. The summed E-state index contributed by atoms with van der Waals surface area (Å²) in [6, 6.07) is 9.54. The summed E-state index contributed by atoms with van der Waals surface area (Å²) < 4.78 is 18.6. The van der Waals surface area contributed by atoms with Crippen LogP contribution in [0.1, 0.15) is 138 Å². The van der Waals surface area contributed by atoms with Crippen molar-refractivity contribution in [1.29, 1.82) is 0 Å². The predicted octanol–water partition coefficient (Wildman–Crippen LogP) is 10.1. The van der Waals surface area contributed by atoms with E-state index in [9.17, 15) is 9.59 Å². The zero-order valence-corrected chi connectivity index (χ0v) is 30.2. The van der Waals surface area contributed by atoms with E-state index in [0.29, 0.717) is 25.9 Å². The summed E-state index contributed by atoms with van der Waals surface area (Å²) in [7, 11) is -2.22. The fraction of sp³-hybridized carbons (Fsp3) is 0.778. The van der Waals surface area contributed by atoms with Gasteiger partial charge >= 0.3 is 6.09 Å². The molecule has 0 saturated carbocycles. The molecule has 6 nitrogen and oxygen atoms in total. The second-order valence-electron chi connectivity index (χ2n) is 14.7. The fourth-order valence-corrected chi connectivity index (χ4v) is 6.11. The number of hydrogen-bond acceptors (Lipinski definition) is 5. The fourth-order valence-electron chi connectivity index (χ4n) is 4.71. The molecule has 0 aliphatic carbocycles. The van der Waals surface area contributed by atoms with Gasteiger partial charge in [-0.25, -0.2) is 4.79 Å². The van der Waals surface area contributed by atoms with Gasteiger partial charge in [-0.1, -0.05) is 116 Å². The predicted molar refractivity (Wildman–Crippen MR) is 182 cm³/mol. The molecule has 0 spiro atoms. The third kappa shape index (κ3) is 18.6. The molecular weight excluding hydrogens is 554 g/mol. The molecule has 1 aromatic carbocycles. The van der Waals surface area contributed by atoms with E-state index < -0.39 is 26.1 Å². The number of ether oxygens (including phenoxy) is 2. The van der Waals surface area contributed by atoms with E-state index >= 15 is 0 Å². The highest BCUT2D eigenvalue weighted by Crippen LogP contribution is 2.38. The Morgan fingerprint density at radius 1 is 0.814 bits per heavy atom. The van der Waals surface area contributed by atoms with Crippen molar-refractivity contribution >= 4 is 20.2 Å². The number of hydrogen-bond donors (Lipinski definition) is 1. The molecule has 1 N–H and O–H groups in total. The number of unbranched alkanes of at least 4 members (excludes halogenated alkanes) is 9. The van der Waals surface area contributed by atoms with E-state index in [1.165, 1.54) is 51.4 Å². The number of benzene rings is 1. The Balaban J connectivity index is 2.82. The molecule has 0 fully saturated rings. The van der Waals surface area contributed by atoms with Crippen LogP contribution >= 0.6 is 0 Å². The third-order valence-electron chi connectivity index (χ3n) is 8.33. The van der Waals surface area contributed by atoms with Gasteiger partial charge in [0, 0.05) is 12.8 Å². The highest BCUT2D eigenvalue weighted by Gasteiger charge is 2.41. The number of Topliss-reactive ketones (excluding diaryl/α,β-unsaturated/α-hetero) is 1. The van der Waals surface area contributed by atoms with E-state index in [1.807, 2.05) is 51.1 Å². The number of rotatable bonds is 22. The van der Waals surface area contributed by atoms with Crippen LogP contribution < -0.4 is 5.32 Å². The number of ketones is 1. The van der Waals surface area contributed by atoms with Gasteiger partial charge in [0.25, 0.3) is 0 Å². The van der Waals surface area contributed by atoms with Crippen molar-refractivity contribution in [2.75, 3.05) is 6.61 Å². The van der Waals surface area contributed by atoms with Gasteiger partial charge in [0.15, 0.2) is 8.32 Å². The molecule has 0 radical (unpaired) electrons. The lowest BCUT2D eigenvalue weighted by molar-refractivity contribution is -0.119. The standard InChI is InChI=1S/C36H65NO5Si/c1-10-11-12-13-14-15-16-17-18-22-25-31(38)26-27-33(42-43(8,9)36(5,6)7)32(37-34(39)41-35(2,3)4)29-40-28-30-23-20-19-21-24-30/h19-21,23-24,32-33H,10-18,22,25-29H2,1-9H3,(H,37,39)/t32-,33+/m0/s1. The van der Waals surface area contributed by atoms with Crippen LogP contribution in [0.25, 0.3) is 0 Å². The molecular formula is C36H65NO5Si. The number of nitrogens with one attached hydrogen (secondary N) is 1. The quantitative estimate of drug-likeness (QED) is 0.103. The van der Waals surface area contributed by atoms with Crippen LogP contribution in [0.2, 0.25) is 18.1 Å². The van der Waals surface area contributed by atoms with Crippen molar-refractivity contribution in [3.8, 4) is 0 Å². The van der Waals surface area contributed by atoms with Crippen LogP contribution in [0, 0.1) is 0 Å². The SMILES string of the molecule is CCCCCCCCCCCCC(=O)CC[C@@H](O[Si](C)(C)C(C)(C)C)[C@H](COCc1ccccc1)NC(=O)OC(C)(C)C. The van der Waals surface area contributed by atoms with Gasteiger partial charge in [-0.15, -0.1) is 0 Å². The minimum atomic E-state index is -2.22. The molecule has 0 aliphatic rings. The normalized spacial score (nSPS) is 13.9. The summed E-state index contributed by atoms with van der Waals surface area (Å²) in [5.41, 5.74) is 0.437. The van der Waals surface area contributed by atoms with Gasteiger partial charge in [-0.05, 0) is 57.3 Å². The van der Waals surface area contributed by atoms with E-state index in [1.54, 1.807) is 0 Å². The Hall–Kier alpha value is -1.70. The molecule has 1 aromatic rings. The number of carbonyl (C=O) groups is 2. The van der Waals surface area contributed by atoms with E-state index in [4.69, 9.17) is 13.9 Å². The van der Waals surface area contributed by atoms with E-state index in [-0.39, 0.29) is 23.5 Å². The minimum Gasteiger partial charge on any atom is -0.444 e. The van der Waals surface area contributed by atoms with Crippen molar-refractivity contribution in [3.63, 3.8) is 0 Å². The maximum absolute atomic E-state index is 13.0. The largest absolute Gasteiger partial charge is 0.444 e. The average Bonchev–Trinajstić information content (AvgIpc) is 2.90. The summed E-state index contributed by atoms with van der Waals surface area (Å²) in [5, 5.41) is 3.02. The summed E-state index contributed by atoms with van der Waals surface area (Å²) in [5.74, 6) is 0.268. The molecule has 0 aromatic heterocycles. The topological polar surface area (TPSA) is 73.9 Å². The summed E-state index contributed by atoms with van der Waals surface area (Å²) in [4.78, 5) is 25.9. The highest BCUT2D eigenvalue weighted by atomic mass is 28.4. The summed E-state index contributed by atoms with van der Waals surface area (Å²) in [6.45, 7) is 19.5. The van der Waals surface area contributed by atoms with Gasteiger partial charge in [-0.3, -0.25) is 4.79 Å². The first-order valence-corrected chi connectivity index (χ1v) is 19.9. The van der Waals surface area contributed by atoms with Crippen LogP contribution in [0.4, 0.5) is 4.79 Å². The van der Waals surface area contributed by atoms with Crippen LogP contribution in [0.15, 0.2) is 30.3 Å². The summed E-state index contributed by atoms with van der Waals surface area (Å²) in [6.07, 6.45) is 13.3. The molecule has 0 aliphatic heterocycles. The monoisotopic (exact) mass is 619 g/mol. The zero-order valence-electron chi connectivity index (χ0n) is 29.2. The Labute approximate surface area is 265 Å². The Morgan fingerprint density at radius 3 is 1.91 bits per heavy atom. The molecule has 7 heteroatoms. The molecule has 1 rings (SSSR count). The average molecular weight is 620 g/mol. The van der Waals surface area contributed by atoms with Crippen molar-refractivity contribution in [3.05, 3.63) is 35.9 Å². The van der Waals surface area contributed by atoms with Gasteiger partial charge in [0.05, 0.1) is 25.4 Å². The van der Waals surface area contributed by atoms with Crippen LogP contribution in [0.5, 0.6) is 0 Å². The van der Waals surface area contributed by atoms with Gasteiger partial charge in [-0.2, -0.15) is 0 Å². The third-order valence-corrected chi connectivity index (χ3v) is 12.8. The Kier molecular flexibility index (Phi) is 18.6. The first-order valence-electron chi connectivity index (χ1n) is 17.0. The van der Waals surface area contributed by atoms with Gasteiger partial charge in [0.2, 0.25) is 0 Å². The Morgan fingerprint density at radius 2 is 1.37 bits per heavy atom. The Bertz CT molecular complexity index is 891. The van der Waals surface area contributed by atoms with Crippen LogP contribution in [-0.4, -0.2) is 44.5 Å². The number of alkyl carbamates (subject to hydrolysis) is 1. The van der Waals surface area contributed by atoms with Crippen molar-refractivity contribution in [2.45, 2.75) is 174 Å². The van der Waals surface area contributed by atoms with Crippen LogP contribution in [-0.2, 0) is 25.3 Å². The maximum Gasteiger partial charge on any atom is 0.408 e. The molecule has 1 amide bonds. The highest BCUT2D eigenvalue weighted by molar-refractivity contribution is 6.74. The second-order valence-corrected chi connectivity index (χ2v) is 19.4. The van der Waals surface area contributed by atoms with Gasteiger partial charge < -0.3 is 19.2 Å². The number of carbonyl (C=O) groups excluding carboxylic acids is 2. The molecule has 0 unspecified atom stereocenters. The van der Waals surface area contributed by atoms with Crippen LogP contribution in [0.3, 0.4) is 0 Å². The van der Waals surface area contributed by atoms with Crippen molar-refractivity contribution < 1.29 is 23.5 Å². The molecule has 0 bridgehead atoms. The lowest BCUT2D eigenvalue weighted by atomic mass is 10.0. The molecule has 43 heavy (non-hydrogen) atoms. The smallest absolute Gasteiger partial charge is 0.408 e. The minimum absolute atomic E-state index is 0.0212. The van der Waals surface area contributed by atoms with Crippen molar-refractivity contribution in [2.24, 2.45) is 0 Å². The lowest BCUT2D eigenvalue weighted by Crippen LogP contribution is -2.54. The molecule has 2 atom stereocenters. The zero-order chi connectivity index (χ0) is 32.4. The van der Waals surface area contributed by atoms with Gasteiger partial charge in [0.1, 0.15) is 11.4 Å². The van der Waals surface area contributed by atoms with Crippen molar-refractivity contribution in [1.82, 2.24) is 5.32 Å². The maximum atomic E-state index is 13.0. The molecule has 0 heterocycles. The van der Waals surface area contributed by atoms with E-state index in [2.05, 4.69) is 46.1 Å². The number of amides is 1. The molecule has 248 valence electrons. The van der Waals surface area contributed by atoms with E-state index in [0.717, 1.165) is 18.4 Å². The second kappa shape index (κ2) is 20.4. The first-order chi connectivity index (χ1) is 20.1.